The molecule has 1 heterocycles. The maximum atomic E-state index is 13.0. The van der Waals surface area contributed by atoms with Gasteiger partial charge in [0.2, 0.25) is 20.0 Å². The van der Waals surface area contributed by atoms with Crippen LogP contribution in [-0.2, 0) is 26.5 Å². The smallest absolute Gasteiger partial charge is 0.208 e. The Balaban J connectivity index is 1.39. The molecule has 156 valence electrons. The van der Waals surface area contributed by atoms with Crippen LogP contribution < -0.4 is 4.72 Å². The van der Waals surface area contributed by atoms with Crippen molar-refractivity contribution < 1.29 is 16.8 Å². The van der Waals surface area contributed by atoms with Crippen LogP contribution in [-0.4, -0.2) is 40.3 Å². The molecule has 0 atom stereocenters. The molecule has 0 amide bonds. The topological polar surface area (TPSA) is 83.5 Å². The van der Waals surface area contributed by atoms with Crippen LogP contribution >= 0.6 is 0 Å². The third-order valence-corrected chi connectivity index (χ3v) is 9.06. The maximum Gasteiger partial charge on any atom is 0.243 e. The zero-order valence-corrected chi connectivity index (χ0v) is 17.8. The lowest BCUT2D eigenvalue weighted by atomic mass is 9.91. The molecule has 0 bridgehead atoms. The first kappa shape index (κ1) is 20.5. The number of rotatable bonds is 7. The van der Waals surface area contributed by atoms with Gasteiger partial charge in [-0.3, -0.25) is 0 Å². The third kappa shape index (κ3) is 4.88. The first-order chi connectivity index (χ1) is 13.8. The van der Waals surface area contributed by atoms with Gasteiger partial charge in [0.25, 0.3) is 0 Å². The van der Waals surface area contributed by atoms with E-state index in [1.54, 1.807) is 0 Å². The van der Waals surface area contributed by atoms with Crippen LogP contribution in [0.15, 0.2) is 64.4 Å². The summed E-state index contributed by atoms with van der Waals surface area (Å²) in [6.45, 7) is 0.978. The molecule has 1 N–H and O–H groups in total. The highest BCUT2D eigenvalue weighted by molar-refractivity contribution is 7.89. The minimum absolute atomic E-state index is 0.0144. The predicted molar refractivity (Wildman–Crippen MR) is 111 cm³/mol. The van der Waals surface area contributed by atoms with Crippen molar-refractivity contribution in [2.75, 3.05) is 13.1 Å². The van der Waals surface area contributed by atoms with E-state index in [2.05, 4.69) is 16.9 Å². The number of sulfonamides is 2. The molecule has 2 aromatic carbocycles. The summed E-state index contributed by atoms with van der Waals surface area (Å²) < 4.78 is 54.6. The standard InChI is InChI=1S/C21H26N2O4S2/c24-28(25,22-19-6-7-19)20-8-10-21(11-9-20)29(26,27)23-14-12-18(13-15-23)16-17-4-2-1-3-5-17/h1-5,8-11,18-19,22H,6-7,12-16H2. The quantitative estimate of drug-likeness (QED) is 0.726. The van der Waals surface area contributed by atoms with E-state index in [0.29, 0.717) is 19.0 Å². The van der Waals surface area contributed by atoms with Gasteiger partial charge in [0, 0.05) is 19.1 Å². The molecule has 0 aromatic heterocycles. The van der Waals surface area contributed by atoms with E-state index in [0.717, 1.165) is 32.1 Å². The second-order valence-corrected chi connectivity index (χ2v) is 11.6. The SMILES string of the molecule is O=S(=O)(NC1CC1)c1ccc(S(=O)(=O)N2CCC(Cc3ccccc3)CC2)cc1. The minimum atomic E-state index is -3.61. The fourth-order valence-electron chi connectivity index (χ4n) is 3.73. The average Bonchev–Trinajstić information content (AvgIpc) is 3.53. The highest BCUT2D eigenvalue weighted by Crippen LogP contribution is 2.27. The molecule has 2 aliphatic rings. The Kier molecular flexibility index (Phi) is 5.79. The Labute approximate surface area is 173 Å². The molecule has 1 aliphatic heterocycles. The van der Waals surface area contributed by atoms with E-state index >= 15 is 0 Å². The molecule has 1 aliphatic carbocycles. The first-order valence-corrected chi connectivity index (χ1v) is 12.9. The van der Waals surface area contributed by atoms with Crippen LogP contribution in [0.2, 0.25) is 0 Å². The Morgan fingerprint density at radius 2 is 1.38 bits per heavy atom. The summed E-state index contributed by atoms with van der Waals surface area (Å²) in [5.74, 6) is 0.477. The Hall–Kier alpha value is -1.74. The summed E-state index contributed by atoms with van der Waals surface area (Å²) >= 11 is 0. The van der Waals surface area contributed by atoms with Gasteiger partial charge >= 0.3 is 0 Å². The van der Waals surface area contributed by atoms with Gasteiger partial charge in [-0.05, 0) is 67.9 Å². The van der Waals surface area contributed by atoms with Gasteiger partial charge in [-0.2, -0.15) is 4.31 Å². The zero-order valence-electron chi connectivity index (χ0n) is 16.2. The van der Waals surface area contributed by atoms with Crippen LogP contribution in [0.5, 0.6) is 0 Å². The predicted octanol–water partition coefficient (Wildman–Crippen LogP) is 2.77. The summed E-state index contributed by atoms with van der Waals surface area (Å²) in [5, 5.41) is 0. The van der Waals surface area contributed by atoms with E-state index in [1.807, 2.05) is 18.2 Å². The monoisotopic (exact) mass is 434 g/mol. The number of benzene rings is 2. The van der Waals surface area contributed by atoms with Crippen molar-refractivity contribution in [2.24, 2.45) is 5.92 Å². The second kappa shape index (κ2) is 8.18. The molecule has 29 heavy (non-hydrogen) atoms. The molecule has 1 saturated carbocycles. The molecular formula is C21H26N2O4S2. The number of nitrogens with zero attached hydrogens (tertiary/aromatic N) is 1. The van der Waals surface area contributed by atoms with Crippen LogP contribution in [0.1, 0.15) is 31.2 Å². The van der Waals surface area contributed by atoms with Crippen LogP contribution in [0, 0.1) is 5.92 Å². The summed E-state index contributed by atoms with van der Waals surface area (Å²) in [5.41, 5.74) is 1.28. The van der Waals surface area contributed by atoms with E-state index in [9.17, 15) is 16.8 Å². The summed E-state index contributed by atoms with van der Waals surface area (Å²) in [6.07, 6.45) is 4.32. The van der Waals surface area contributed by atoms with Crippen molar-refractivity contribution in [3.8, 4) is 0 Å². The third-order valence-electron chi connectivity index (χ3n) is 5.61. The van der Waals surface area contributed by atoms with Crippen molar-refractivity contribution in [1.29, 1.82) is 0 Å². The molecule has 6 nitrogen and oxygen atoms in total. The molecule has 8 heteroatoms. The molecule has 0 radical (unpaired) electrons. The van der Waals surface area contributed by atoms with Crippen LogP contribution in [0.3, 0.4) is 0 Å². The van der Waals surface area contributed by atoms with Crippen molar-refractivity contribution in [2.45, 2.75) is 47.9 Å². The van der Waals surface area contributed by atoms with Crippen LogP contribution in [0.4, 0.5) is 0 Å². The fraction of sp³-hybridized carbons (Fsp3) is 0.429. The molecule has 0 unspecified atom stereocenters. The normalized spacial score (nSPS) is 19.3. The lowest BCUT2D eigenvalue weighted by Crippen LogP contribution is -2.38. The fourth-order valence-corrected chi connectivity index (χ4v) is 6.50. The summed E-state index contributed by atoms with van der Waals surface area (Å²) in [4.78, 5) is 0.245. The molecule has 0 spiro atoms. The van der Waals surface area contributed by atoms with Gasteiger partial charge in [-0.1, -0.05) is 30.3 Å². The Morgan fingerprint density at radius 3 is 1.97 bits per heavy atom. The minimum Gasteiger partial charge on any atom is -0.208 e. The summed E-state index contributed by atoms with van der Waals surface area (Å²) in [7, 11) is -7.19. The number of nitrogens with one attached hydrogen (secondary N) is 1. The highest BCUT2D eigenvalue weighted by Gasteiger charge is 2.31. The Bertz CT molecular complexity index is 1040. The maximum absolute atomic E-state index is 13.0. The number of hydrogen-bond donors (Lipinski definition) is 1. The number of hydrogen-bond acceptors (Lipinski definition) is 4. The van der Waals surface area contributed by atoms with Crippen molar-refractivity contribution in [1.82, 2.24) is 9.03 Å². The van der Waals surface area contributed by atoms with Gasteiger partial charge in [0.05, 0.1) is 9.79 Å². The van der Waals surface area contributed by atoms with E-state index < -0.39 is 20.0 Å². The Morgan fingerprint density at radius 1 is 0.793 bits per heavy atom. The van der Waals surface area contributed by atoms with E-state index in [1.165, 1.54) is 34.1 Å². The van der Waals surface area contributed by atoms with Crippen molar-refractivity contribution in [3.05, 3.63) is 60.2 Å². The molecule has 4 rings (SSSR count). The van der Waals surface area contributed by atoms with Gasteiger partial charge in [-0.25, -0.2) is 21.6 Å². The largest absolute Gasteiger partial charge is 0.243 e. The average molecular weight is 435 g/mol. The molecular weight excluding hydrogens is 408 g/mol. The lowest BCUT2D eigenvalue weighted by Gasteiger charge is -2.31. The molecule has 1 saturated heterocycles. The highest BCUT2D eigenvalue weighted by atomic mass is 32.2. The summed E-state index contributed by atoms with van der Waals surface area (Å²) in [6, 6.07) is 15.8. The first-order valence-electron chi connectivity index (χ1n) is 10.0. The molecule has 2 aromatic rings. The molecule has 2 fully saturated rings. The lowest BCUT2D eigenvalue weighted by molar-refractivity contribution is 0.273. The van der Waals surface area contributed by atoms with Gasteiger partial charge in [0.1, 0.15) is 0 Å². The van der Waals surface area contributed by atoms with E-state index in [-0.39, 0.29) is 15.8 Å². The van der Waals surface area contributed by atoms with E-state index in [4.69, 9.17) is 0 Å². The van der Waals surface area contributed by atoms with Crippen LogP contribution in [0.25, 0.3) is 0 Å². The van der Waals surface area contributed by atoms with Gasteiger partial charge < -0.3 is 0 Å². The number of piperidine rings is 1. The van der Waals surface area contributed by atoms with Gasteiger partial charge in [0.15, 0.2) is 0 Å². The van der Waals surface area contributed by atoms with Crippen molar-refractivity contribution in [3.63, 3.8) is 0 Å². The van der Waals surface area contributed by atoms with Crippen molar-refractivity contribution >= 4 is 20.0 Å². The zero-order chi connectivity index (χ0) is 20.5. The second-order valence-electron chi connectivity index (χ2n) is 7.90. The van der Waals surface area contributed by atoms with Gasteiger partial charge in [-0.15, -0.1) is 0 Å².